The van der Waals surface area contributed by atoms with E-state index in [-0.39, 0.29) is 5.78 Å². The number of hydrogen-bond acceptors (Lipinski definition) is 3. The standard InChI is InChI=1S/C14H18N2O/c1-9-15-5-4-13(16-9)14(17)8-12-7-10-2-3-11(12)6-10/h4-5,10-12H,2-3,6-8H2,1H3. The Hall–Kier alpha value is -1.25. The van der Waals surface area contributed by atoms with Crippen LogP contribution in [0.2, 0.25) is 0 Å². The molecule has 0 saturated heterocycles. The van der Waals surface area contributed by atoms with Crippen LogP contribution in [0.15, 0.2) is 12.3 Å². The summed E-state index contributed by atoms with van der Waals surface area (Å²) in [6.45, 7) is 1.83. The summed E-state index contributed by atoms with van der Waals surface area (Å²) in [6, 6.07) is 1.74. The summed E-state index contributed by atoms with van der Waals surface area (Å²) in [4.78, 5) is 20.4. The van der Waals surface area contributed by atoms with Crippen LogP contribution in [0.3, 0.4) is 0 Å². The molecular formula is C14H18N2O. The zero-order chi connectivity index (χ0) is 11.8. The number of nitrogens with zero attached hydrogens (tertiary/aromatic N) is 2. The van der Waals surface area contributed by atoms with Gasteiger partial charge in [0.05, 0.1) is 0 Å². The number of rotatable bonds is 3. The Balaban J connectivity index is 1.68. The maximum Gasteiger partial charge on any atom is 0.181 e. The highest BCUT2D eigenvalue weighted by molar-refractivity contribution is 5.94. The van der Waals surface area contributed by atoms with Crippen LogP contribution in [-0.2, 0) is 0 Å². The number of ketones is 1. The van der Waals surface area contributed by atoms with Crippen LogP contribution in [0.4, 0.5) is 0 Å². The summed E-state index contributed by atoms with van der Waals surface area (Å²) in [7, 11) is 0. The van der Waals surface area contributed by atoms with Crippen molar-refractivity contribution in [1.82, 2.24) is 9.97 Å². The van der Waals surface area contributed by atoms with Crippen molar-refractivity contribution in [3.05, 3.63) is 23.8 Å². The van der Waals surface area contributed by atoms with Crippen LogP contribution in [0.5, 0.6) is 0 Å². The summed E-state index contributed by atoms with van der Waals surface area (Å²) in [5.74, 6) is 3.23. The number of aromatic nitrogens is 2. The highest BCUT2D eigenvalue weighted by Crippen LogP contribution is 2.49. The molecule has 3 rings (SSSR count). The molecule has 0 spiro atoms. The highest BCUT2D eigenvalue weighted by atomic mass is 16.1. The van der Waals surface area contributed by atoms with E-state index in [1.54, 1.807) is 12.3 Å². The second-order valence-corrected chi connectivity index (χ2v) is 5.55. The fourth-order valence-electron chi connectivity index (χ4n) is 3.58. The molecule has 2 fully saturated rings. The van der Waals surface area contributed by atoms with E-state index in [0.717, 1.165) is 11.8 Å². The quantitative estimate of drug-likeness (QED) is 0.750. The third-order valence-electron chi connectivity index (χ3n) is 4.39. The number of aryl methyl sites for hydroxylation is 1. The van der Waals surface area contributed by atoms with Gasteiger partial charge in [-0.1, -0.05) is 6.42 Å². The third-order valence-corrected chi connectivity index (χ3v) is 4.39. The van der Waals surface area contributed by atoms with E-state index >= 15 is 0 Å². The first kappa shape index (κ1) is 10.9. The van der Waals surface area contributed by atoms with Gasteiger partial charge in [-0.15, -0.1) is 0 Å². The second-order valence-electron chi connectivity index (χ2n) is 5.55. The van der Waals surface area contributed by atoms with Gasteiger partial charge in [-0.2, -0.15) is 0 Å². The van der Waals surface area contributed by atoms with Crippen molar-refractivity contribution < 1.29 is 4.79 Å². The van der Waals surface area contributed by atoms with Crippen molar-refractivity contribution >= 4 is 5.78 Å². The van der Waals surface area contributed by atoms with Crippen molar-refractivity contribution in [3.8, 4) is 0 Å². The molecule has 0 aromatic carbocycles. The van der Waals surface area contributed by atoms with Gasteiger partial charge in [0, 0.05) is 12.6 Å². The maximum atomic E-state index is 12.1. The second kappa shape index (κ2) is 4.21. The van der Waals surface area contributed by atoms with Crippen molar-refractivity contribution in [2.45, 2.75) is 39.0 Å². The number of hydrogen-bond donors (Lipinski definition) is 0. The van der Waals surface area contributed by atoms with Gasteiger partial charge in [-0.25, -0.2) is 9.97 Å². The van der Waals surface area contributed by atoms with Gasteiger partial charge in [-0.05, 0) is 50.0 Å². The average Bonchev–Trinajstić information content (AvgIpc) is 2.91. The Morgan fingerprint density at radius 3 is 2.94 bits per heavy atom. The van der Waals surface area contributed by atoms with Crippen LogP contribution >= 0.6 is 0 Å². The number of carbonyl (C=O) groups excluding carboxylic acids is 1. The molecule has 3 unspecified atom stereocenters. The largest absolute Gasteiger partial charge is 0.292 e. The molecule has 2 aliphatic rings. The molecule has 3 atom stereocenters. The molecule has 3 heteroatoms. The first-order chi connectivity index (χ1) is 8.22. The van der Waals surface area contributed by atoms with E-state index in [1.807, 2.05) is 6.92 Å². The van der Waals surface area contributed by atoms with E-state index in [4.69, 9.17) is 0 Å². The molecule has 17 heavy (non-hydrogen) atoms. The van der Waals surface area contributed by atoms with Gasteiger partial charge in [-0.3, -0.25) is 4.79 Å². The predicted octanol–water partition coefficient (Wildman–Crippen LogP) is 2.79. The van der Waals surface area contributed by atoms with Gasteiger partial charge >= 0.3 is 0 Å². The molecule has 0 radical (unpaired) electrons. The third kappa shape index (κ3) is 2.11. The lowest BCUT2D eigenvalue weighted by Crippen LogP contribution is -2.16. The summed E-state index contributed by atoms with van der Waals surface area (Å²) < 4.78 is 0. The molecule has 1 aromatic rings. The molecule has 1 aromatic heterocycles. The molecule has 2 bridgehead atoms. The first-order valence-electron chi connectivity index (χ1n) is 6.55. The first-order valence-corrected chi connectivity index (χ1v) is 6.55. The Kier molecular flexibility index (Phi) is 2.69. The monoisotopic (exact) mass is 230 g/mol. The van der Waals surface area contributed by atoms with Gasteiger partial charge in [0.2, 0.25) is 0 Å². The van der Waals surface area contributed by atoms with Crippen LogP contribution in [-0.4, -0.2) is 15.8 Å². The highest BCUT2D eigenvalue weighted by Gasteiger charge is 2.40. The molecular weight excluding hydrogens is 212 g/mol. The fraction of sp³-hybridized carbons (Fsp3) is 0.643. The Bertz CT molecular complexity index is 444. The fourth-order valence-corrected chi connectivity index (χ4v) is 3.58. The van der Waals surface area contributed by atoms with Gasteiger partial charge in [0.25, 0.3) is 0 Å². The number of Topliss-reactive ketones (excluding diaryl/α,β-unsaturated/α-hetero) is 1. The summed E-state index contributed by atoms with van der Waals surface area (Å²) in [5, 5.41) is 0. The predicted molar refractivity (Wildman–Crippen MR) is 64.7 cm³/mol. The van der Waals surface area contributed by atoms with Crippen molar-refractivity contribution in [1.29, 1.82) is 0 Å². The lowest BCUT2D eigenvalue weighted by atomic mass is 9.85. The Morgan fingerprint density at radius 1 is 1.41 bits per heavy atom. The molecule has 0 N–H and O–H groups in total. The molecule has 3 nitrogen and oxygen atoms in total. The van der Waals surface area contributed by atoms with Crippen LogP contribution in [0.25, 0.3) is 0 Å². The molecule has 1 heterocycles. The topological polar surface area (TPSA) is 42.9 Å². The molecule has 90 valence electrons. The van der Waals surface area contributed by atoms with Gasteiger partial charge in [0.1, 0.15) is 11.5 Å². The Labute approximate surface area is 102 Å². The van der Waals surface area contributed by atoms with Crippen LogP contribution < -0.4 is 0 Å². The molecule has 2 aliphatic carbocycles. The summed E-state index contributed by atoms with van der Waals surface area (Å²) in [6.07, 6.45) is 7.72. The summed E-state index contributed by atoms with van der Waals surface area (Å²) in [5.41, 5.74) is 0.597. The minimum Gasteiger partial charge on any atom is -0.292 e. The zero-order valence-electron chi connectivity index (χ0n) is 10.2. The minimum atomic E-state index is 0.202. The average molecular weight is 230 g/mol. The molecule has 2 saturated carbocycles. The van der Waals surface area contributed by atoms with Gasteiger partial charge in [0.15, 0.2) is 5.78 Å². The van der Waals surface area contributed by atoms with E-state index in [9.17, 15) is 4.79 Å². The minimum absolute atomic E-state index is 0.202. The van der Waals surface area contributed by atoms with E-state index in [2.05, 4.69) is 9.97 Å². The number of fused-ring (bicyclic) bond motifs is 2. The van der Waals surface area contributed by atoms with Gasteiger partial charge < -0.3 is 0 Å². The maximum absolute atomic E-state index is 12.1. The molecule has 0 amide bonds. The zero-order valence-corrected chi connectivity index (χ0v) is 10.2. The summed E-state index contributed by atoms with van der Waals surface area (Å²) >= 11 is 0. The van der Waals surface area contributed by atoms with Crippen molar-refractivity contribution in [3.63, 3.8) is 0 Å². The number of carbonyl (C=O) groups is 1. The van der Waals surface area contributed by atoms with E-state index < -0.39 is 0 Å². The SMILES string of the molecule is Cc1nccc(C(=O)CC2CC3CCC2C3)n1. The van der Waals surface area contributed by atoms with Crippen LogP contribution in [0, 0.1) is 24.7 Å². The van der Waals surface area contributed by atoms with E-state index in [1.165, 1.54) is 25.7 Å². The normalized spacial score (nSPS) is 30.8. The van der Waals surface area contributed by atoms with Crippen molar-refractivity contribution in [2.24, 2.45) is 17.8 Å². The lowest BCUT2D eigenvalue weighted by molar-refractivity contribution is 0.0939. The molecule has 0 aliphatic heterocycles. The van der Waals surface area contributed by atoms with E-state index in [0.29, 0.717) is 23.9 Å². The van der Waals surface area contributed by atoms with Crippen molar-refractivity contribution in [2.75, 3.05) is 0 Å². The Morgan fingerprint density at radius 2 is 2.29 bits per heavy atom. The smallest absolute Gasteiger partial charge is 0.181 e. The van der Waals surface area contributed by atoms with Crippen LogP contribution in [0.1, 0.15) is 48.4 Å². The lowest BCUT2D eigenvalue weighted by Gasteiger charge is -2.20.